The molecule has 0 spiro atoms. The van der Waals surface area contributed by atoms with Gasteiger partial charge in [-0.3, -0.25) is 4.90 Å². The van der Waals surface area contributed by atoms with Crippen molar-refractivity contribution in [3.05, 3.63) is 0 Å². The number of piperidine rings is 1. The molecule has 94 valence electrons. The van der Waals surface area contributed by atoms with E-state index in [1.165, 1.54) is 38.8 Å². The van der Waals surface area contributed by atoms with E-state index < -0.39 is 0 Å². The highest BCUT2D eigenvalue weighted by molar-refractivity contribution is 4.84. The third-order valence-electron chi connectivity index (χ3n) is 3.86. The molecule has 2 atom stereocenters. The van der Waals surface area contributed by atoms with Crippen LogP contribution in [0.15, 0.2) is 0 Å². The molecule has 3 nitrogen and oxygen atoms in total. The van der Waals surface area contributed by atoms with E-state index in [1.807, 2.05) is 7.11 Å². The number of likely N-dealkylation sites (tertiary alicyclic amines) is 1. The fourth-order valence-corrected chi connectivity index (χ4v) is 2.62. The molecular weight excluding hydrogens is 200 g/mol. The summed E-state index contributed by atoms with van der Waals surface area (Å²) in [4.78, 5) is 2.63. The largest absolute Gasteiger partial charge is 0.384 e. The molecule has 1 aliphatic heterocycles. The molecule has 2 rings (SSSR count). The van der Waals surface area contributed by atoms with Gasteiger partial charge < -0.3 is 10.1 Å². The standard InChI is InChI=1S/C13H26N2O/c1-11(8-14-13-5-6-13)15-7-3-4-12(9-15)10-16-2/h11-14H,3-10H2,1-2H3. The summed E-state index contributed by atoms with van der Waals surface area (Å²) in [7, 11) is 1.82. The van der Waals surface area contributed by atoms with Crippen molar-refractivity contribution < 1.29 is 4.74 Å². The number of rotatable bonds is 6. The van der Waals surface area contributed by atoms with Crippen LogP contribution in [0.4, 0.5) is 0 Å². The van der Waals surface area contributed by atoms with Gasteiger partial charge in [-0.2, -0.15) is 0 Å². The van der Waals surface area contributed by atoms with Gasteiger partial charge in [0.2, 0.25) is 0 Å². The fraction of sp³-hybridized carbons (Fsp3) is 1.00. The molecule has 2 aliphatic rings. The van der Waals surface area contributed by atoms with Gasteiger partial charge in [-0.05, 0) is 45.1 Å². The number of nitrogens with one attached hydrogen (secondary N) is 1. The summed E-state index contributed by atoms with van der Waals surface area (Å²) >= 11 is 0. The summed E-state index contributed by atoms with van der Waals surface area (Å²) in [5.74, 6) is 0.752. The molecule has 0 aromatic rings. The highest BCUT2D eigenvalue weighted by Crippen LogP contribution is 2.21. The van der Waals surface area contributed by atoms with Crippen molar-refractivity contribution >= 4 is 0 Å². The van der Waals surface area contributed by atoms with Gasteiger partial charge in [-0.15, -0.1) is 0 Å². The Balaban J connectivity index is 1.69. The smallest absolute Gasteiger partial charge is 0.0502 e. The Kier molecular flexibility index (Phi) is 4.62. The van der Waals surface area contributed by atoms with Gasteiger partial charge in [-0.1, -0.05) is 0 Å². The number of hydrogen-bond donors (Lipinski definition) is 1. The van der Waals surface area contributed by atoms with Crippen molar-refractivity contribution in [1.29, 1.82) is 0 Å². The van der Waals surface area contributed by atoms with Gasteiger partial charge >= 0.3 is 0 Å². The van der Waals surface area contributed by atoms with Gasteiger partial charge in [0.15, 0.2) is 0 Å². The third kappa shape index (κ3) is 3.72. The monoisotopic (exact) mass is 226 g/mol. The predicted octanol–water partition coefficient (Wildman–Crippen LogP) is 1.49. The molecule has 2 fully saturated rings. The zero-order valence-corrected chi connectivity index (χ0v) is 10.7. The summed E-state index contributed by atoms with van der Waals surface area (Å²) in [6, 6.07) is 1.52. The topological polar surface area (TPSA) is 24.5 Å². The molecule has 1 N–H and O–H groups in total. The van der Waals surface area contributed by atoms with E-state index in [4.69, 9.17) is 4.74 Å². The Bertz CT molecular complexity index is 204. The molecule has 16 heavy (non-hydrogen) atoms. The Hall–Kier alpha value is -0.120. The maximum Gasteiger partial charge on any atom is 0.0502 e. The molecule has 0 amide bonds. The summed E-state index contributed by atoms with van der Waals surface area (Å²) in [5, 5.41) is 3.63. The molecule has 0 aromatic heterocycles. The summed E-state index contributed by atoms with van der Waals surface area (Å²) < 4.78 is 5.28. The molecule has 0 aromatic carbocycles. The van der Waals surface area contributed by atoms with E-state index in [2.05, 4.69) is 17.1 Å². The van der Waals surface area contributed by atoms with E-state index in [0.29, 0.717) is 6.04 Å². The lowest BCUT2D eigenvalue weighted by Gasteiger charge is -2.36. The highest BCUT2D eigenvalue weighted by atomic mass is 16.5. The SMILES string of the molecule is COCC1CCCN(C(C)CNC2CC2)C1. The second-order valence-corrected chi connectivity index (χ2v) is 5.49. The van der Waals surface area contributed by atoms with Crippen LogP contribution >= 0.6 is 0 Å². The van der Waals surface area contributed by atoms with Crippen LogP contribution < -0.4 is 5.32 Å². The number of hydrogen-bond acceptors (Lipinski definition) is 3. The van der Waals surface area contributed by atoms with Gasteiger partial charge in [-0.25, -0.2) is 0 Å². The minimum absolute atomic E-state index is 0.681. The van der Waals surface area contributed by atoms with Crippen LogP contribution in [0.5, 0.6) is 0 Å². The summed E-state index contributed by atoms with van der Waals surface area (Å²) in [5.41, 5.74) is 0. The number of nitrogens with zero attached hydrogens (tertiary/aromatic N) is 1. The Morgan fingerprint density at radius 2 is 2.19 bits per heavy atom. The van der Waals surface area contributed by atoms with Crippen LogP contribution in [0.3, 0.4) is 0 Å². The average Bonchev–Trinajstić information content (AvgIpc) is 3.10. The first-order chi connectivity index (χ1) is 7.79. The number of methoxy groups -OCH3 is 1. The maximum absolute atomic E-state index is 5.28. The molecular formula is C13H26N2O. The lowest BCUT2D eigenvalue weighted by atomic mass is 9.97. The van der Waals surface area contributed by atoms with Crippen molar-refractivity contribution in [2.75, 3.05) is 33.4 Å². The highest BCUT2D eigenvalue weighted by Gasteiger charge is 2.25. The predicted molar refractivity (Wildman–Crippen MR) is 66.7 cm³/mol. The van der Waals surface area contributed by atoms with Crippen molar-refractivity contribution in [3.8, 4) is 0 Å². The molecule has 2 unspecified atom stereocenters. The van der Waals surface area contributed by atoms with Crippen molar-refractivity contribution in [3.63, 3.8) is 0 Å². The van der Waals surface area contributed by atoms with E-state index in [0.717, 1.165) is 25.1 Å². The Morgan fingerprint density at radius 1 is 1.38 bits per heavy atom. The fourth-order valence-electron chi connectivity index (χ4n) is 2.62. The summed E-state index contributed by atoms with van der Waals surface area (Å²) in [6.45, 7) is 6.93. The zero-order chi connectivity index (χ0) is 11.4. The second kappa shape index (κ2) is 5.99. The zero-order valence-electron chi connectivity index (χ0n) is 10.7. The second-order valence-electron chi connectivity index (χ2n) is 5.49. The van der Waals surface area contributed by atoms with Crippen molar-refractivity contribution in [1.82, 2.24) is 10.2 Å². The van der Waals surface area contributed by atoms with Gasteiger partial charge in [0.05, 0.1) is 6.61 Å². The van der Waals surface area contributed by atoms with Crippen molar-refractivity contribution in [2.45, 2.75) is 44.7 Å². The Morgan fingerprint density at radius 3 is 2.88 bits per heavy atom. The minimum atomic E-state index is 0.681. The maximum atomic E-state index is 5.28. The van der Waals surface area contributed by atoms with E-state index in [1.54, 1.807) is 0 Å². The van der Waals surface area contributed by atoms with Gasteiger partial charge in [0.25, 0.3) is 0 Å². The molecule has 0 bridgehead atoms. The molecule has 1 aliphatic carbocycles. The van der Waals surface area contributed by atoms with Gasteiger partial charge in [0.1, 0.15) is 0 Å². The van der Waals surface area contributed by atoms with Crippen LogP contribution in [0.2, 0.25) is 0 Å². The van der Waals surface area contributed by atoms with E-state index in [9.17, 15) is 0 Å². The van der Waals surface area contributed by atoms with Crippen LogP contribution in [0.1, 0.15) is 32.6 Å². The Labute approximate surface area is 99.5 Å². The third-order valence-corrected chi connectivity index (χ3v) is 3.86. The van der Waals surface area contributed by atoms with Crippen molar-refractivity contribution in [2.24, 2.45) is 5.92 Å². The first-order valence-electron chi connectivity index (χ1n) is 6.76. The lowest BCUT2D eigenvalue weighted by molar-refractivity contribution is 0.0720. The van der Waals surface area contributed by atoms with Crippen LogP contribution in [-0.4, -0.2) is 50.3 Å². The molecule has 1 saturated carbocycles. The first-order valence-corrected chi connectivity index (χ1v) is 6.76. The normalized spacial score (nSPS) is 29.2. The van der Waals surface area contributed by atoms with Crippen LogP contribution in [0.25, 0.3) is 0 Å². The van der Waals surface area contributed by atoms with E-state index in [-0.39, 0.29) is 0 Å². The molecule has 1 heterocycles. The quantitative estimate of drug-likeness (QED) is 0.742. The average molecular weight is 226 g/mol. The molecule has 1 saturated heterocycles. The summed E-state index contributed by atoms with van der Waals surface area (Å²) in [6.07, 6.45) is 5.45. The molecule has 0 radical (unpaired) electrons. The minimum Gasteiger partial charge on any atom is -0.384 e. The van der Waals surface area contributed by atoms with Crippen LogP contribution in [0, 0.1) is 5.92 Å². The number of ether oxygens (including phenoxy) is 1. The molecule has 3 heteroatoms. The van der Waals surface area contributed by atoms with Crippen LogP contribution in [-0.2, 0) is 4.74 Å². The van der Waals surface area contributed by atoms with Gasteiger partial charge in [0, 0.05) is 32.3 Å². The first kappa shape index (κ1) is 12.3. The lowest BCUT2D eigenvalue weighted by Crippen LogP contribution is -2.46. The van der Waals surface area contributed by atoms with E-state index >= 15 is 0 Å².